The van der Waals surface area contributed by atoms with Gasteiger partial charge < -0.3 is 24.8 Å². The summed E-state index contributed by atoms with van der Waals surface area (Å²) in [6.07, 6.45) is -0.103. The molecule has 132 valence electrons. The molecule has 1 aromatic carbocycles. The van der Waals surface area contributed by atoms with Crippen LogP contribution in [0.1, 0.15) is 24.2 Å². The van der Waals surface area contributed by atoms with E-state index in [1.165, 1.54) is 19.2 Å². The Morgan fingerprint density at radius 1 is 1.33 bits per heavy atom. The van der Waals surface area contributed by atoms with E-state index in [1.54, 1.807) is 4.90 Å². The summed E-state index contributed by atoms with van der Waals surface area (Å²) in [5, 5.41) is 0.213. The monoisotopic (exact) mass is 356 g/mol. The predicted molar refractivity (Wildman–Crippen MR) is 89.3 cm³/mol. The molecule has 1 aromatic rings. The molecule has 1 amide bonds. The van der Waals surface area contributed by atoms with E-state index in [0.717, 1.165) is 0 Å². The van der Waals surface area contributed by atoms with Crippen LogP contribution in [-0.2, 0) is 14.3 Å². The zero-order valence-electron chi connectivity index (χ0n) is 13.9. The van der Waals surface area contributed by atoms with Crippen LogP contribution in [0.3, 0.4) is 0 Å². The average molecular weight is 357 g/mol. The molecule has 1 heterocycles. The molecule has 2 atom stereocenters. The number of amides is 1. The summed E-state index contributed by atoms with van der Waals surface area (Å²) in [6.45, 7) is 4.37. The molecule has 24 heavy (non-hydrogen) atoms. The van der Waals surface area contributed by atoms with Gasteiger partial charge >= 0.3 is 5.97 Å². The van der Waals surface area contributed by atoms with Crippen molar-refractivity contribution >= 4 is 29.2 Å². The largest absolute Gasteiger partial charge is 0.496 e. The van der Waals surface area contributed by atoms with Gasteiger partial charge in [-0.1, -0.05) is 11.6 Å². The number of hydrogen-bond donors (Lipinski definition) is 1. The fourth-order valence-corrected chi connectivity index (χ4v) is 2.74. The SMILES string of the molecule is COc1cc(N)c(Cl)cc1C(=O)OCC(=O)N1C[C@H](C)O[C@@H](C)C1. The van der Waals surface area contributed by atoms with Crippen molar-refractivity contribution in [3.63, 3.8) is 0 Å². The van der Waals surface area contributed by atoms with Crippen LogP contribution in [0.4, 0.5) is 5.69 Å². The van der Waals surface area contributed by atoms with Gasteiger partial charge in [-0.3, -0.25) is 4.79 Å². The van der Waals surface area contributed by atoms with E-state index in [2.05, 4.69) is 0 Å². The lowest BCUT2D eigenvalue weighted by Crippen LogP contribution is -2.49. The zero-order valence-corrected chi connectivity index (χ0v) is 14.6. The Bertz CT molecular complexity index is 627. The van der Waals surface area contributed by atoms with Gasteiger partial charge in [-0.05, 0) is 19.9 Å². The summed E-state index contributed by atoms with van der Waals surface area (Å²) in [5.41, 5.74) is 6.08. The number of carbonyl (C=O) groups is 2. The lowest BCUT2D eigenvalue weighted by Gasteiger charge is -2.35. The zero-order chi connectivity index (χ0) is 17.9. The fourth-order valence-electron chi connectivity index (χ4n) is 2.58. The second kappa shape index (κ2) is 7.72. The van der Waals surface area contributed by atoms with Gasteiger partial charge in [0, 0.05) is 19.2 Å². The second-order valence-corrected chi connectivity index (χ2v) is 6.11. The number of nitrogen functional groups attached to an aromatic ring is 1. The number of nitrogens with zero attached hydrogens (tertiary/aromatic N) is 1. The molecule has 2 N–H and O–H groups in total. The van der Waals surface area contributed by atoms with Gasteiger partial charge in [0.2, 0.25) is 0 Å². The maximum Gasteiger partial charge on any atom is 0.342 e. The number of nitrogens with two attached hydrogens (primary N) is 1. The summed E-state index contributed by atoms with van der Waals surface area (Å²) in [5.74, 6) is -0.731. The summed E-state index contributed by atoms with van der Waals surface area (Å²) in [6, 6.07) is 2.80. The van der Waals surface area contributed by atoms with Crippen molar-refractivity contribution in [2.75, 3.05) is 32.5 Å². The number of halogens is 1. The van der Waals surface area contributed by atoms with Crippen LogP contribution in [0, 0.1) is 0 Å². The van der Waals surface area contributed by atoms with Gasteiger partial charge in [0.25, 0.3) is 5.91 Å². The van der Waals surface area contributed by atoms with E-state index in [9.17, 15) is 9.59 Å². The summed E-state index contributed by atoms with van der Waals surface area (Å²) >= 11 is 5.93. The van der Waals surface area contributed by atoms with Crippen LogP contribution >= 0.6 is 11.6 Å². The van der Waals surface area contributed by atoms with E-state index in [4.69, 9.17) is 31.5 Å². The molecule has 0 bridgehead atoms. The highest BCUT2D eigenvalue weighted by Crippen LogP contribution is 2.29. The van der Waals surface area contributed by atoms with Crippen molar-refractivity contribution in [2.24, 2.45) is 0 Å². The summed E-state index contributed by atoms with van der Waals surface area (Å²) in [4.78, 5) is 26.0. The highest BCUT2D eigenvalue weighted by atomic mass is 35.5. The van der Waals surface area contributed by atoms with Crippen LogP contribution in [-0.4, -0.2) is 55.8 Å². The van der Waals surface area contributed by atoms with Crippen LogP contribution in [0.15, 0.2) is 12.1 Å². The van der Waals surface area contributed by atoms with Gasteiger partial charge in [0.15, 0.2) is 6.61 Å². The number of esters is 1. The molecule has 8 heteroatoms. The van der Waals surface area contributed by atoms with Gasteiger partial charge in [-0.15, -0.1) is 0 Å². The average Bonchev–Trinajstić information content (AvgIpc) is 2.53. The van der Waals surface area contributed by atoms with Crippen molar-refractivity contribution in [3.8, 4) is 5.75 Å². The van der Waals surface area contributed by atoms with Gasteiger partial charge in [-0.2, -0.15) is 0 Å². The molecule has 1 aliphatic rings. The van der Waals surface area contributed by atoms with Crippen LogP contribution in [0.5, 0.6) is 5.75 Å². The normalized spacial score (nSPS) is 20.6. The number of benzene rings is 1. The Balaban J connectivity index is 2.00. The first-order valence-corrected chi connectivity index (χ1v) is 7.93. The molecule has 2 rings (SSSR count). The smallest absolute Gasteiger partial charge is 0.342 e. The third-order valence-corrected chi connectivity index (χ3v) is 3.97. The van der Waals surface area contributed by atoms with E-state index in [1.807, 2.05) is 13.8 Å². The van der Waals surface area contributed by atoms with Gasteiger partial charge in [-0.25, -0.2) is 4.79 Å². The number of anilines is 1. The van der Waals surface area contributed by atoms with Crippen molar-refractivity contribution in [2.45, 2.75) is 26.1 Å². The summed E-state index contributed by atoms with van der Waals surface area (Å²) < 4.78 is 15.8. The third kappa shape index (κ3) is 4.30. The molecular weight excluding hydrogens is 336 g/mol. The third-order valence-electron chi connectivity index (χ3n) is 3.64. The molecular formula is C16H21ClN2O5. The predicted octanol–water partition coefficient (Wildman–Crippen LogP) is 1.72. The Morgan fingerprint density at radius 2 is 1.96 bits per heavy atom. The minimum absolute atomic E-state index is 0.0515. The molecule has 0 radical (unpaired) electrons. The first kappa shape index (κ1) is 18.4. The van der Waals surface area contributed by atoms with Crippen LogP contribution < -0.4 is 10.5 Å². The number of ether oxygens (including phenoxy) is 3. The molecule has 1 fully saturated rings. The van der Waals surface area contributed by atoms with Gasteiger partial charge in [0.05, 0.1) is 30.0 Å². The Labute approximate surface area is 145 Å². The van der Waals surface area contributed by atoms with E-state index in [-0.39, 0.29) is 46.7 Å². The van der Waals surface area contributed by atoms with Crippen molar-refractivity contribution in [3.05, 3.63) is 22.7 Å². The number of morpholine rings is 1. The topological polar surface area (TPSA) is 91.1 Å². The minimum Gasteiger partial charge on any atom is -0.496 e. The van der Waals surface area contributed by atoms with E-state index >= 15 is 0 Å². The molecule has 0 saturated carbocycles. The molecule has 0 unspecified atom stereocenters. The molecule has 7 nitrogen and oxygen atoms in total. The van der Waals surface area contributed by atoms with Crippen molar-refractivity contribution in [1.29, 1.82) is 0 Å². The maximum atomic E-state index is 12.2. The first-order valence-electron chi connectivity index (χ1n) is 7.55. The maximum absolute atomic E-state index is 12.2. The first-order chi connectivity index (χ1) is 11.3. The van der Waals surface area contributed by atoms with Crippen LogP contribution in [0.2, 0.25) is 5.02 Å². The Morgan fingerprint density at radius 3 is 2.54 bits per heavy atom. The molecule has 0 spiro atoms. The molecule has 1 aliphatic heterocycles. The Kier molecular flexibility index (Phi) is 5.90. The lowest BCUT2D eigenvalue weighted by molar-refractivity contribution is -0.146. The number of hydrogen-bond acceptors (Lipinski definition) is 6. The minimum atomic E-state index is -0.698. The van der Waals surface area contributed by atoms with E-state index in [0.29, 0.717) is 13.1 Å². The lowest BCUT2D eigenvalue weighted by atomic mass is 10.2. The van der Waals surface area contributed by atoms with Crippen molar-refractivity contribution < 1.29 is 23.8 Å². The van der Waals surface area contributed by atoms with Gasteiger partial charge in [0.1, 0.15) is 11.3 Å². The van der Waals surface area contributed by atoms with E-state index < -0.39 is 5.97 Å². The molecule has 0 aromatic heterocycles. The summed E-state index contributed by atoms with van der Waals surface area (Å²) in [7, 11) is 1.40. The number of rotatable bonds is 4. The second-order valence-electron chi connectivity index (χ2n) is 5.71. The van der Waals surface area contributed by atoms with Crippen molar-refractivity contribution in [1.82, 2.24) is 4.90 Å². The number of methoxy groups -OCH3 is 1. The molecule has 1 saturated heterocycles. The number of carbonyl (C=O) groups excluding carboxylic acids is 2. The Hall–Kier alpha value is -1.99. The highest BCUT2D eigenvalue weighted by Gasteiger charge is 2.27. The highest BCUT2D eigenvalue weighted by molar-refractivity contribution is 6.33. The standard InChI is InChI=1S/C16H21ClN2O5/c1-9-6-19(7-10(2)24-9)15(20)8-23-16(21)11-4-12(17)13(18)5-14(11)22-3/h4-5,9-10H,6-8,18H2,1-3H3/t9-,10-/m0/s1. The van der Waals surface area contributed by atoms with Crippen LogP contribution in [0.25, 0.3) is 0 Å². The molecule has 0 aliphatic carbocycles. The fraction of sp³-hybridized carbons (Fsp3) is 0.500. The quantitative estimate of drug-likeness (QED) is 0.652.